The minimum absolute atomic E-state index is 0.0845. The van der Waals surface area contributed by atoms with E-state index in [0.717, 1.165) is 12.8 Å². The Hall–Kier alpha value is -1.14. The van der Waals surface area contributed by atoms with E-state index in [2.05, 4.69) is 6.58 Å². The van der Waals surface area contributed by atoms with Crippen molar-refractivity contribution in [2.24, 2.45) is 5.92 Å². The van der Waals surface area contributed by atoms with Crippen LogP contribution in [0.2, 0.25) is 0 Å². The molecule has 2 bridgehead atoms. The maximum Gasteiger partial charge on any atom is 0.551 e. The SMILES string of the molecule is C=C(C)[B-]1(O)OC(=O)[C@H]2C(=O)C[N+]13CCC[C@@H]23. The molecule has 0 saturated carbocycles. The second-order valence-electron chi connectivity index (χ2n) is 5.62. The van der Waals surface area contributed by atoms with Crippen LogP contribution in [0.1, 0.15) is 19.8 Å². The Morgan fingerprint density at radius 2 is 2.29 bits per heavy atom. The molecule has 5 nitrogen and oxygen atoms in total. The first-order valence-corrected chi connectivity index (χ1v) is 6.07. The van der Waals surface area contributed by atoms with Crippen LogP contribution in [0.3, 0.4) is 0 Å². The zero-order valence-electron chi connectivity index (χ0n) is 9.89. The molecule has 3 fully saturated rings. The maximum atomic E-state index is 11.9. The Labute approximate surface area is 99.6 Å². The quantitative estimate of drug-likeness (QED) is 0.505. The van der Waals surface area contributed by atoms with Gasteiger partial charge in [-0.15, -0.1) is 6.58 Å². The molecule has 2 unspecified atom stereocenters. The first kappa shape index (κ1) is 11.0. The number of carbonyl (C=O) groups is 2. The van der Waals surface area contributed by atoms with Crippen molar-refractivity contribution >= 4 is 18.4 Å². The molecule has 92 valence electrons. The summed E-state index contributed by atoms with van der Waals surface area (Å²) in [6.45, 7) is 3.87. The molecule has 0 spiro atoms. The molecule has 3 saturated heterocycles. The molecule has 4 atom stereocenters. The zero-order valence-corrected chi connectivity index (χ0v) is 9.89. The highest BCUT2D eigenvalue weighted by Gasteiger charge is 2.70. The van der Waals surface area contributed by atoms with Crippen LogP contribution in [0.5, 0.6) is 0 Å². The van der Waals surface area contributed by atoms with Crippen molar-refractivity contribution < 1.29 is 23.7 Å². The Kier molecular flexibility index (Phi) is 1.94. The minimum atomic E-state index is -2.46. The zero-order chi connectivity index (χ0) is 12.4. The first-order valence-electron chi connectivity index (χ1n) is 6.07. The lowest BCUT2D eigenvalue weighted by atomic mass is 9.58. The normalized spacial score (nSPS) is 47.9. The van der Waals surface area contributed by atoms with Crippen molar-refractivity contribution in [3.05, 3.63) is 12.1 Å². The van der Waals surface area contributed by atoms with Gasteiger partial charge in [-0.05, 0) is 6.42 Å². The Morgan fingerprint density at radius 3 is 2.94 bits per heavy atom. The molecular formula is C11H16BNO4. The maximum absolute atomic E-state index is 11.9. The average molecular weight is 237 g/mol. The van der Waals surface area contributed by atoms with Crippen LogP contribution in [0.25, 0.3) is 0 Å². The third-order valence-corrected chi connectivity index (χ3v) is 4.79. The van der Waals surface area contributed by atoms with E-state index in [4.69, 9.17) is 4.65 Å². The van der Waals surface area contributed by atoms with Crippen LogP contribution < -0.4 is 0 Å². The van der Waals surface area contributed by atoms with Gasteiger partial charge in [0.25, 0.3) is 5.97 Å². The second-order valence-corrected chi connectivity index (χ2v) is 5.62. The Bertz CT molecular complexity index is 451. The van der Waals surface area contributed by atoms with Crippen molar-refractivity contribution in [3.8, 4) is 0 Å². The molecule has 1 N–H and O–H groups in total. The predicted octanol–water partition coefficient (Wildman–Crippen LogP) is -0.232. The van der Waals surface area contributed by atoms with Crippen LogP contribution in [-0.4, -0.2) is 47.0 Å². The van der Waals surface area contributed by atoms with E-state index < -0.39 is 18.6 Å². The lowest BCUT2D eigenvalue weighted by Crippen LogP contribution is -2.74. The first-order chi connectivity index (χ1) is 7.92. The van der Waals surface area contributed by atoms with Crippen LogP contribution in [-0.2, 0) is 14.2 Å². The molecule has 0 radical (unpaired) electrons. The molecule has 3 aliphatic rings. The van der Waals surface area contributed by atoms with E-state index in [-0.39, 0.29) is 22.8 Å². The summed E-state index contributed by atoms with van der Waals surface area (Å²) in [5.74, 6) is -1.30. The average Bonchev–Trinajstić information content (AvgIpc) is 2.70. The largest absolute Gasteiger partial charge is 0.611 e. The molecule has 0 aromatic rings. The standard InChI is InChI=1S/C11H16BNO4/c1-7(2)12(16)13-5-3-4-8(13)10(9(14)6-13)11(15)17-12/h8,10,16H,1,3-6H2,2H3/t8-,10+,12?,13?/m0/s1. The number of ketones is 1. The number of hydrogen-bond donors (Lipinski definition) is 1. The van der Waals surface area contributed by atoms with Crippen LogP contribution in [0, 0.1) is 5.92 Å². The number of rotatable bonds is 1. The molecule has 6 heteroatoms. The lowest BCUT2D eigenvalue weighted by Gasteiger charge is -2.56. The van der Waals surface area contributed by atoms with Gasteiger partial charge in [-0.1, -0.05) is 12.4 Å². The monoisotopic (exact) mass is 237 g/mol. The molecular weight excluding hydrogens is 221 g/mol. The van der Waals surface area contributed by atoms with Gasteiger partial charge in [-0.2, -0.15) is 0 Å². The number of nitrogens with zero attached hydrogens (tertiary/aromatic N) is 1. The molecule has 3 heterocycles. The van der Waals surface area contributed by atoms with Crippen molar-refractivity contribution in [3.63, 3.8) is 0 Å². The van der Waals surface area contributed by atoms with Gasteiger partial charge in [0.1, 0.15) is 6.54 Å². The summed E-state index contributed by atoms with van der Waals surface area (Å²) in [5.41, 5.74) is 0.457. The number of carbonyl (C=O) groups excluding carboxylic acids is 2. The van der Waals surface area contributed by atoms with Crippen LogP contribution in [0.4, 0.5) is 0 Å². The topological polar surface area (TPSA) is 63.6 Å². The van der Waals surface area contributed by atoms with Crippen molar-refractivity contribution in [2.75, 3.05) is 13.1 Å². The van der Waals surface area contributed by atoms with Crippen LogP contribution in [0.15, 0.2) is 12.1 Å². The van der Waals surface area contributed by atoms with E-state index in [0.29, 0.717) is 12.0 Å². The van der Waals surface area contributed by atoms with Crippen molar-refractivity contribution in [1.82, 2.24) is 0 Å². The van der Waals surface area contributed by atoms with Crippen LogP contribution >= 0.6 is 0 Å². The molecule has 3 rings (SSSR count). The van der Waals surface area contributed by atoms with Gasteiger partial charge >= 0.3 is 6.69 Å². The molecule has 0 aromatic carbocycles. The summed E-state index contributed by atoms with van der Waals surface area (Å²) >= 11 is 0. The van der Waals surface area contributed by atoms with Gasteiger partial charge in [-0.25, -0.2) is 0 Å². The second kappa shape index (κ2) is 3.00. The van der Waals surface area contributed by atoms with Gasteiger partial charge in [0.15, 0.2) is 5.92 Å². The molecule has 0 aliphatic carbocycles. The highest BCUT2D eigenvalue weighted by atomic mass is 16.6. The van der Waals surface area contributed by atoms with E-state index >= 15 is 0 Å². The van der Waals surface area contributed by atoms with Gasteiger partial charge in [0.2, 0.25) is 5.78 Å². The lowest BCUT2D eigenvalue weighted by molar-refractivity contribution is -0.847. The summed E-state index contributed by atoms with van der Waals surface area (Å²) in [6.07, 6.45) is 1.73. The summed E-state index contributed by atoms with van der Waals surface area (Å²) in [5, 5.41) is 10.7. The van der Waals surface area contributed by atoms with E-state index in [1.54, 1.807) is 6.92 Å². The Morgan fingerprint density at radius 1 is 1.59 bits per heavy atom. The van der Waals surface area contributed by atoms with Gasteiger partial charge in [0, 0.05) is 13.0 Å². The number of allylic oxidation sites excluding steroid dienone is 1. The molecule has 3 aliphatic heterocycles. The predicted molar refractivity (Wildman–Crippen MR) is 60.4 cm³/mol. The highest BCUT2D eigenvalue weighted by Crippen LogP contribution is 2.48. The van der Waals surface area contributed by atoms with Crippen molar-refractivity contribution in [1.29, 1.82) is 0 Å². The number of hydrogen-bond acceptors (Lipinski definition) is 4. The third-order valence-electron chi connectivity index (χ3n) is 4.79. The summed E-state index contributed by atoms with van der Waals surface area (Å²) in [7, 11) is 0. The minimum Gasteiger partial charge on any atom is -0.611 e. The molecule has 17 heavy (non-hydrogen) atoms. The van der Waals surface area contributed by atoms with E-state index in [1.165, 1.54) is 0 Å². The summed E-state index contributed by atoms with van der Waals surface area (Å²) in [6, 6.07) is -0.0922. The summed E-state index contributed by atoms with van der Waals surface area (Å²) in [4.78, 5) is 23.8. The Balaban J connectivity index is 2.19. The fourth-order valence-corrected chi connectivity index (χ4v) is 4.01. The smallest absolute Gasteiger partial charge is 0.551 e. The van der Waals surface area contributed by atoms with Crippen molar-refractivity contribution in [2.45, 2.75) is 25.8 Å². The van der Waals surface area contributed by atoms with E-state index in [1.807, 2.05) is 0 Å². The highest BCUT2D eigenvalue weighted by molar-refractivity contribution is 6.69. The molecule has 0 aromatic heterocycles. The number of Topliss-reactive ketones (excluding diaryl/α,β-unsaturated/α-hetero) is 1. The van der Waals surface area contributed by atoms with E-state index in [9.17, 15) is 14.6 Å². The van der Waals surface area contributed by atoms with Gasteiger partial charge < -0.3 is 14.1 Å². The van der Waals surface area contributed by atoms with Gasteiger partial charge in [-0.3, -0.25) is 9.59 Å². The third kappa shape index (κ3) is 1.03. The van der Waals surface area contributed by atoms with Gasteiger partial charge in [0.05, 0.1) is 6.04 Å². The summed E-state index contributed by atoms with van der Waals surface area (Å²) < 4.78 is 5.46. The fourth-order valence-electron chi connectivity index (χ4n) is 4.01. The number of quaternary nitrogens is 1. The molecule has 0 amide bonds. The fraction of sp³-hybridized carbons (Fsp3) is 0.636.